The summed E-state index contributed by atoms with van der Waals surface area (Å²) in [6, 6.07) is 81.2. The molecule has 12 aromatic carbocycles. The molecule has 0 amide bonds. The van der Waals surface area contributed by atoms with Crippen LogP contribution in [0.25, 0.3) is 98.0 Å². The molecular weight excluding hydrogens is 749 g/mol. The average Bonchev–Trinajstić information content (AvgIpc) is 3.66. The standard InChI is InChI=1S/C61H36O/c1-3-15-39-33-41(27-25-37(39)13-1)43-29-31-49-51(35-43)45-17-5-7-19-47(45)57-58-48-20-8-6-18-46(48)52-36-44(42-28-26-38-14-2-4-16-40(38)34-42)30-32-50(52)60(58)61(59(49)57)53-21-9-11-23-55(53)62-56-24-12-10-22-54(56)61/h1-36H. The van der Waals surface area contributed by atoms with Gasteiger partial charge in [0.15, 0.2) is 0 Å². The van der Waals surface area contributed by atoms with Gasteiger partial charge in [0, 0.05) is 11.1 Å². The SMILES string of the molecule is c1ccc2c(c1)Oc1ccccc1C21c2c(c3ccccc3c3cc(-c4ccc5ccccc5c4)ccc23)-c2c1c1ccc(-c3ccc4ccccc4c3)cc1c1ccccc21. The molecule has 0 saturated heterocycles. The summed E-state index contributed by atoms with van der Waals surface area (Å²) in [4.78, 5) is 0. The van der Waals surface area contributed by atoms with Crippen molar-refractivity contribution in [3.05, 3.63) is 241 Å². The summed E-state index contributed by atoms with van der Waals surface area (Å²) < 4.78 is 6.92. The summed E-state index contributed by atoms with van der Waals surface area (Å²) in [7, 11) is 0. The second-order valence-electron chi connectivity index (χ2n) is 17.1. The number of hydrogen-bond acceptors (Lipinski definition) is 1. The van der Waals surface area contributed by atoms with E-state index in [2.05, 4.69) is 218 Å². The Labute approximate surface area is 358 Å². The Morgan fingerprint density at radius 2 is 0.629 bits per heavy atom. The molecular formula is C61H36O. The molecule has 0 fully saturated rings. The highest BCUT2D eigenvalue weighted by atomic mass is 16.5. The van der Waals surface area contributed by atoms with E-state index in [1.165, 1.54) is 120 Å². The number of rotatable bonds is 2. The fourth-order valence-electron chi connectivity index (χ4n) is 11.4. The van der Waals surface area contributed by atoms with Gasteiger partial charge in [0.1, 0.15) is 11.5 Å². The number of ether oxygens (including phenoxy) is 1. The number of fused-ring (bicyclic) bond motifs is 21. The minimum Gasteiger partial charge on any atom is -0.457 e. The van der Waals surface area contributed by atoms with Crippen LogP contribution >= 0.6 is 0 Å². The van der Waals surface area contributed by atoms with Crippen molar-refractivity contribution in [3.8, 4) is 44.9 Å². The molecule has 0 bridgehead atoms. The van der Waals surface area contributed by atoms with Crippen molar-refractivity contribution < 1.29 is 4.74 Å². The van der Waals surface area contributed by atoms with Gasteiger partial charge in [-0.1, -0.05) is 182 Å². The topological polar surface area (TPSA) is 9.23 Å². The number of benzene rings is 12. The van der Waals surface area contributed by atoms with E-state index in [1.807, 2.05) is 0 Å². The van der Waals surface area contributed by atoms with Crippen LogP contribution in [0.5, 0.6) is 11.5 Å². The van der Waals surface area contributed by atoms with Crippen LogP contribution in [0.2, 0.25) is 0 Å². The minimum absolute atomic E-state index is 0.699. The lowest BCUT2D eigenvalue weighted by atomic mass is 9.64. The van der Waals surface area contributed by atoms with Gasteiger partial charge in [-0.25, -0.2) is 0 Å². The van der Waals surface area contributed by atoms with Crippen molar-refractivity contribution in [2.45, 2.75) is 5.41 Å². The predicted octanol–water partition coefficient (Wildman–Crippen LogP) is 16.4. The molecule has 62 heavy (non-hydrogen) atoms. The maximum atomic E-state index is 6.92. The maximum Gasteiger partial charge on any atom is 0.132 e. The van der Waals surface area contributed by atoms with Gasteiger partial charge < -0.3 is 4.74 Å². The molecule has 2 aliphatic rings. The Kier molecular flexibility index (Phi) is 6.82. The normalized spacial score (nSPS) is 13.4. The van der Waals surface area contributed by atoms with E-state index < -0.39 is 5.41 Å². The number of para-hydroxylation sites is 2. The summed E-state index contributed by atoms with van der Waals surface area (Å²) in [5.41, 5.74) is 11.8. The van der Waals surface area contributed by atoms with Crippen molar-refractivity contribution in [1.29, 1.82) is 0 Å². The van der Waals surface area contributed by atoms with Crippen LogP contribution in [0.4, 0.5) is 0 Å². The first kappa shape index (κ1) is 33.8. The Hall–Kier alpha value is -8.00. The highest BCUT2D eigenvalue weighted by Gasteiger charge is 2.54. The third-order valence-electron chi connectivity index (χ3n) is 14.0. The Morgan fingerprint density at radius 3 is 1.11 bits per heavy atom. The molecule has 1 aliphatic heterocycles. The second kappa shape index (κ2) is 12.5. The fourth-order valence-corrected chi connectivity index (χ4v) is 11.4. The molecule has 1 spiro atoms. The lowest BCUT2D eigenvalue weighted by Gasteiger charge is -2.40. The van der Waals surface area contributed by atoms with Crippen molar-refractivity contribution in [2.75, 3.05) is 0 Å². The van der Waals surface area contributed by atoms with Gasteiger partial charge in [-0.2, -0.15) is 0 Å². The van der Waals surface area contributed by atoms with Gasteiger partial charge in [-0.3, -0.25) is 0 Å². The van der Waals surface area contributed by atoms with E-state index in [-0.39, 0.29) is 0 Å². The van der Waals surface area contributed by atoms with Gasteiger partial charge in [0.2, 0.25) is 0 Å². The fraction of sp³-hybridized carbons (Fsp3) is 0.0164. The molecule has 0 radical (unpaired) electrons. The van der Waals surface area contributed by atoms with Crippen molar-refractivity contribution >= 4 is 64.6 Å². The molecule has 1 nitrogen and oxygen atoms in total. The molecule has 0 atom stereocenters. The van der Waals surface area contributed by atoms with Gasteiger partial charge in [-0.15, -0.1) is 0 Å². The zero-order valence-corrected chi connectivity index (χ0v) is 33.7. The summed E-state index contributed by atoms with van der Waals surface area (Å²) in [6.07, 6.45) is 0. The van der Waals surface area contributed by atoms with Crippen LogP contribution in [-0.2, 0) is 5.41 Å². The van der Waals surface area contributed by atoms with Crippen LogP contribution in [0.15, 0.2) is 218 Å². The molecule has 286 valence electrons. The highest BCUT2D eigenvalue weighted by Crippen LogP contribution is 2.67. The van der Waals surface area contributed by atoms with Crippen molar-refractivity contribution in [3.63, 3.8) is 0 Å². The first-order valence-electron chi connectivity index (χ1n) is 21.6. The molecule has 1 heterocycles. The highest BCUT2D eigenvalue weighted by molar-refractivity contribution is 6.27. The zero-order valence-electron chi connectivity index (χ0n) is 33.7. The Bertz CT molecular complexity index is 3650. The first-order valence-corrected chi connectivity index (χ1v) is 21.6. The number of hydrogen-bond donors (Lipinski definition) is 0. The molecule has 0 aromatic heterocycles. The second-order valence-corrected chi connectivity index (χ2v) is 17.1. The van der Waals surface area contributed by atoms with Crippen LogP contribution in [0.3, 0.4) is 0 Å². The summed E-state index contributed by atoms with van der Waals surface area (Å²) in [5.74, 6) is 1.79. The Balaban J connectivity index is 1.16. The smallest absolute Gasteiger partial charge is 0.132 e. The van der Waals surface area contributed by atoms with Crippen LogP contribution in [0, 0.1) is 0 Å². The van der Waals surface area contributed by atoms with E-state index in [9.17, 15) is 0 Å². The zero-order chi connectivity index (χ0) is 40.5. The molecule has 14 rings (SSSR count). The van der Waals surface area contributed by atoms with Crippen LogP contribution in [-0.4, -0.2) is 0 Å². The molecule has 0 N–H and O–H groups in total. The van der Waals surface area contributed by atoms with E-state index in [0.29, 0.717) is 0 Å². The molecule has 1 heteroatoms. The van der Waals surface area contributed by atoms with Crippen LogP contribution < -0.4 is 4.74 Å². The maximum absolute atomic E-state index is 6.92. The van der Waals surface area contributed by atoms with Crippen molar-refractivity contribution in [2.24, 2.45) is 0 Å². The molecule has 12 aromatic rings. The largest absolute Gasteiger partial charge is 0.457 e. The lowest BCUT2D eigenvalue weighted by molar-refractivity contribution is 0.437. The first-order chi connectivity index (χ1) is 30.7. The predicted molar refractivity (Wildman–Crippen MR) is 260 cm³/mol. The van der Waals surface area contributed by atoms with E-state index in [1.54, 1.807) is 0 Å². The lowest BCUT2D eigenvalue weighted by Crippen LogP contribution is -2.32. The summed E-state index contributed by atoms with van der Waals surface area (Å²) in [6.45, 7) is 0. The third-order valence-corrected chi connectivity index (χ3v) is 14.0. The van der Waals surface area contributed by atoms with Gasteiger partial charge in [-0.05, 0) is 146 Å². The van der Waals surface area contributed by atoms with E-state index >= 15 is 0 Å². The third kappa shape index (κ3) is 4.47. The van der Waals surface area contributed by atoms with Gasteiger partial charge in [0.25, 0.3) is 0 Å². The molecule has 0 saturated carbocycles. The minimum atomic E-state index is -0.699. The Morgan fingerprint density at radius 1 is 0.258 bits per heavy atom. The van der Waals surface area contributed by atoms with Crippen molar-refractivity contribution in [1.82, 2.24) is 0 Å². The van der Waals surface area contributed by atoms with Gasteiger partial charge in [0.05, 0.1) is 5.41 Å². The quantitative estimate of drug-likeness (QED) is 0.159. The summed E-state index contributed by atoms with van der Waals surface area (Å²) >= 11 is 0. The molecule has 1 aliphatic carbocycles. The average molecular weight is 785 g/mol. The van der Waals surface area contributed by atoms with Gasteiger partial charge >= 0.3 is 0 Å². The van der Waals surface area contributed by atoms with E-state index in [4.69, 9.17) is 4.74 Å². The van der Waals surface area contributed by atoms with E-state index in [0.717, 1.165) is 11.5 Å². The summed E-state index contributed by atoms with van der Waals surface area (Å²) in [5, 5.41) is 15.1. The monoisotopic (exact) mass is 784 g/mol. The molecule has 0 unspecified atom stereocenters. The van der Waals surface area contributed by atoms with Crippen LogP contribution in [0.1, 0.15) is 22.3 Å².